The lowest BCUT2D eigenvalue weighted by Crippen LogP contribution is -2.47. The van der Waals surface area contributed by atoms with Crippen molar-refractivity contribution in [2.45, 2.75) is 52.1 Å². The minimum Gasteiger partial charge on any atom is -0.354 e. The number of nitrogens with one attached hydrogen (secondary N) is 1. The third kappa shape index (κ3) is 7.12. The number of aryl methyl sites for hydroxylation is 1. The topological polar surface area (TPSA) is 49.4 Å². The van der Waals surface area contributed by atoms with Crippen LogP contribution in [0.2, 0.25) is 0 Å². The van der Waals surface area contributed by atoms with Gasteiger partial charge < -0.3 is 10.2 Å². The summed E-state index contributed by atoms with van der Waals surface area (Å²) in [6.45, 7) is 4.95. The zero-order chi connectivity index (χ0) is 20.4. The summed E-state index contributed by atoms with van der Waals surface area (Å²) in [7, 11) is 0. The standard InChI is InChI=1S/C23H29BrN2O2/c1-3-4-16-25-23(28)18(2)26(17-20-10-13-21(24)14-11-20)22(27)15-12-19-8-6-5-7-9-19/h5-11,13-14,18H,3-4,12,15-17H2,1-2H3,(H,25,28)/t18-/m0/s1. The van der Waals surface area contributed by atoms with Crippen molar-refractivity contribution in [2.24, 2.45) is 0 Å². The Morgan fingerprint density at radius 2 is 1.71 bits per heavy atom. The maximum atomic E-state index is 13.0. The Balaban J connectivity index is 2.08. The molecule has 150 valence electrons. The van der Waals surface area contributed by atoms with E-state index in [1.807, 2.05) is 54.6 Å². The van der Waals surface area contributed by atoms with E-state index >= 15 is 0 Å². The molecule has 0 spiro atoms. The summed E-state index contributed by atoms with van der Waals surface area (Å²) < 4.78 is 0.989. The average molecular weight is 445 g/mol. The predicted molar refractivity (Wildman–Crippen MR) is 117 cm³/mol. The second kappa shape index (κ2) is 11.6. The van der Waals surface area contributed by atoms with Crippen LogP contribution < -0.4 is 5.32 Å². The zero-order valence-electron chi connectivity index (χ0n) is 16.7. The van der Waals surface area contributed by atoms with E-state index in [9.17, 15) is 9.59 Å². The summed E-state index contributed by atoms with van der Waals surface area (Å²) in [6, 6.07) is 17.3. The van der Waals surface area contributed by atoms with E-state index < -0.39 is 6.04 Å². The van der Waals surface area contributed by atoms with Crippen LogP contribution in [0.3, 0.4) is 0 Å². The molecule has 0 aromatic heterocycles. The van der Waals surface area contributed by atoms with Crippen LogP contribution in [0.25, 0.3) is 0 Å². The van der Waals surface area contributed by atoms with Gasteiger partial charge in [-0.15, -0.1) is 0 Å². The van der Waals surface area contributed by atoms with Crippen LogP contribution in [0.4, 0.5) is 0 Å². The van der Waals surface area contributed by atoms with E-state index in [4.69, 9.17) is 0 Å². The first-order chi connectivity index (χ1) is 13.5. The van der Waals surface area contributed by atoms with Gasteiger partial charge in [0.25, 0.3) is 0 Å². The molecular formula is C23H29BrN2O2. The summed E-state index contributed by atoms with van der Waals surface area (Å²) >= 11 is 3.43. The van der Waals surface area contributed by atoms with E-state index in [0.29, 0.717) is 25.9 Å². The molecule has 0 aliphatic heterocycles. The summed E-state index contributed by atoms with van der Waals surface area (Å²) in [5, 5.41) is 2.95. The Morgan fingerprint density at radius 3 is 2.36 bits per heavy atom. The number of nitrogens with zero attached hydrogens (tertiary/aromatic N) is 1. The maximum absolute atomic E-state index is 13.0. The highest BCUT2D eigenvalue weighted by molar-refractivity contribution is 9.10. The van der Waals surface area contributed by atoms with Crippen LogP contribution in [0.15, 0.2) is 59.1 Å². The predicted octanol–water partition coefficient (Wildman–Crippen LogP) is 4.72. The Hall–Kier alpha value is -2.14. The van der Waals surface area contributed by atoms with Crippen LogP contribution in [-0.4, -0.2) is 29.3 Å². The molecular weight excluding hydrogens is 416 g/mol. The van der Waals surface area contributed by atoms with Gasteiger partial charge in [0.05, 0.1) is 0 Å². The highest BCUT2D eigenvalue weighted by atomic mass is 79.9. The van der Waals surface area contributed by atoms with Gasteiger partial charge in [-0.3, -0.25) is 9.59 Å². The number of hydrogen-bond donors (Lipinski definition) is 1. The molecule has 2 aromatic carbocycles. The fourth-order valence-corrected chi connectivity index (χ4v) is 3.21. The fraction of sp³-hybridized carbons (Fsp3) is 0.391. The highest BCUT2D eigenvalue weighted by Crippen LogP contribution is 2.16. The molecule has 0 unspecified atom stereocenters. The normalized spacial score (nSPS) is 11.7. The van der Waals surface area contributed by atoms with Crippen molar-refractivity contribution in [2.75, 3.05) is 6.54 Å². The summed E-state index contributed by atoms with van der Waals surface area (Å²) in [5.41, 5.74) is 2.13. The van der Waals surface area contributed by atoms with Crippen LogP contribution in [0.5, 0.6) is 0 Å². The molecule has 28 heavy (non-hydrogen) atoms. The van der Waals surface area contributed by atoms with Gasteiger partial charge in [-0.05, 0) is 43.0 Å². The molecule has 4 nitrogen and oxygen atoms in total. The third-order valence-electron chi connectivity index (χ3n) is 4.73. The van der Waals surface area contributed by atoms with Gasteiger partial charge >= 0.3 is 0 Å². The minimum absolute atomic E-state index is 0.00934. The SMILES string of the molecule is CCCCNC(=O)[C@H](C)N(Cc1ccc(Br)cc1)C(=O)CCc1ccccc1. The summed E-state index contributed by atoms with van der Waals surface area (Å²) in [6.07, 6.45) is 3.01. The molecule has 1 atom stereocenters. The van der Waals surface area contributed by atoms with Crippen molar-refractivity contribution in [1.29, 1.82) is 0 Å². The smallest absolute Gasteiger partial charge is 0.242 e. The Labute approximate surface area is 176 Å². The number of hydrogen-bond acceptors (Lipinski definition) is 2. The number of carbonyl (C=O) groups is 2. The third-order valence-corrected chi connectivity index (χ3v) is 5.26. The van der Waals surface area contributed by atoms with Crippen LogP contribution in [0, 0.1) is 0 Å². The van der Waals surface area contributed by atoms with Crippen molar-refractivity contribution in [3.63, 3.8) is 0 Å². The molecule has 0 radical (unpaired) electrons. The van der Waals surface area contributed by atoms with Gasteiger partial charge in [-0.2, -0.15) is 0 Å². The van der Waals surface area contributed by atoms with Crippen molar-refractivity contribution < 1.29 is 9.59 Å². The number of rotatable bonds is 10. The molecule has 2 amide bonds. The van der Waals surface area contributed by atoms with Gasteiger partial charge in [0.15, 0.2) is 0 Å². The van der Waals surface area contributed by atoms with Gasteiger partial charge in [-0.25, -0.2) is 0 Å². The average Bonchev–Trinajstić information content (AvgIpc) is 2.72. The van der Waals surface area contributed by atoms with Crippen molar-refractivity contribution in [3.8, 4) is 0 Å². The lowest BCUT2D eigenvalue weighted by Gasteiger charge is -2.29. The monoisotopic (exact) mass is 444 g/mol. The van der Waals surface area contributed by atoms with Gasteiger partial charge in [0.2, 0.25) is 11.8 Å². The first-order valence-corrected chi connectivity index (χ1v) is 10.7. The second-order valence-electron chi connectivity index (χ2n) is 6.95. The molecule has 0 heterocycles. The van der Waals surface area contributed by atoms with E-state index in [1.54, 1.807) is 11.8 Å². The lowest BCUT2D eigenvalue weighted by atomic mass is 10.1. The summed E-state index contributed by atoms with van der Waals surface area (Å²) in [5.74, 6) is -0.108. The fourth-order valence-electron chi connectivity index (χ4n) is 2.94. The summed E-state index contributed by atoms with van der Waals surface area (Å²) in [4.78, 5) is 27.3. The molecule has 0 aliphatic carbocycles. The molecule has 2 rings (SSSR count). The largest absolute Gasteiger partial charge is 0.354 e. The molecule has 0 aliphatic rings. The van der Waals surface area contributed by atoms with Crippen LogP contribution in [0.1, 0.15) is 44.2 Å². The molecule has 2 aromatic rings. The number of unbranched alkanes of at least 4 members (excludes halogenated alkanes) is 1. The van der Waals surface area contributed by atoms with E-state index in [1.165, 1.54) is 0 Å². The molecule has 0 saturated carbocycles. The highest BCUT2D eigenvalue weighted by Gasteiger charge is 2.25. The van der Waals surface area contributed by atoms with Crippen molar-refractivity contribution in [3.05, 3.63) is 70.2 Å². The first kappa shape index (κ1) is 22.2. The number of amides is 2. The van der Waals surface area contributed by atoms with Gasteiger partial charge in [0, 0.05) is 24.0 Å². The molecule has 0 saturated heterocycles. The Morgan fingerprint density at radius 1 is 1.04 bits per heavy atom. The molecule has 0 fully saturated rings. The first-order valence-electron chi connectivity index (χ1n) is 9.86. The molecule has 1 N–H and O–H groups in total. The van der Waals surface area contributed by atoms with Crippen molar-refractivity contribution >= 4 is 27.7 Å². The van der Waals surface area contributed by atoms with E-state index in [-0.39, 0.29) is 11.8 Å². The quantitative estimate of drug-likeness (QED) is 0.539. The number of halogens is 1. The van der Waals surface area contributed by atoms with Crippen LogP contribution >= 0.6 is 15.9 Å². The van der Waals surface area contributed by atoms with Gasteiger partial charge in [0.1, 0.15) is 6.04 Å². The molecule has 0 bridgehead atoms. The van der Waals surface area contributed by atoms with Crippen molar-refractivity contribution in [1.82, 2.24) is 10.2 Å². The number of carbonyl (C=O) groups excluding carboxylic acids is 2. The van der Waals surface area contributed by atoms with Crippen LogP contribution in [-0.2, 0) is 22.6 Å². The van der Waals surface area contributed by atoms with E-state index in [0.717, 1.165) is 28.4 Å². The maximum Gasteiger partial charge on any atom is 0.242 e. The molecule has 5 heteroatoms. The second-order valence-corrected chi connectivity index (χ2v) is 7.87. The lowest BCUT2D eigenvalue weighted by molar-refractivity contribution is -0.140. The minimum atomic E-state index is -0.510. The Bertz CT molecular complexity index is 747. The Kier molecular flexibility index (Phi) is 9.21. The zero-order valence-corrected chi connectivity index (χ0v) is 18.2. The van der Waals surface area contributed by atoms with E-state index in [2.05, 4.69) is 28.2 Å². The van der Waals surface area contributed by atoms with Gasteiger partial charge in [-0.1, -0.05) is 71.7 Å². The number of benzene rings is 2.